The summed E-state index contributed by atoms with van der Waals surface area (Å²) < 4.78 is 5.67. The van der Waals surface area contributed by atoms with E-state index in [1.165, 1.54) is 0 Å². The van der Waals surface area contributed by atoms with Crippen LogP contribution in [0.4, 0.5) is 0 Å². The molecular weight excluding hydrogens is 238 g/mol. The van der Waals surface area contributed by atoms with Gasteiger partial charge in [0.2, 0.25) is 0 Å². The lowest BCUT2D eigenvalue weighted by Gasteiger charge is -2.13. The molecule has 1 rings (SSSR count). The van der Waals surface area contributed by atoms with Crippen LogP contribution < -0.4 is 10.1 Å². The number of rotatable bonds is 8. The summed E-state index contributed by atoms with van der Waals surface area (Å²) in [6.07, 6.45) is 1.49. The van der Waals surface area contributed by atoms with E-state index in [2.05, 4.69) is 19.2 Å². The monoisotopic (exact) mass is 263 g/mol. The van der Waals surface area contributed by atoms with Crippen LogP contribution in [-0.4, -0.2) is 24.5 Å². The van der Waals surface area contributed by atoms with E-state index in [4.69, 9.17) is 4.74 Å². The van der Waals surface area contributed by atoms with E-state index in [0.717, 1.165) is 13.0 Å². The van der Waals surface area contributed by atoms with Crippen molar-refractivity contribution in [1.29, 1.82) is 0 Å². The first-order valence-corrected chi connectivity index (χ1v) is 7.03. The summed E-state index contributed by atoms with van der Waals surface area (Å²) in [6, 6.07) is 7.95. The van der Waals surface area contributed by atoms with Gasteiger partial charge in [-0.05, 0) is 38.9 Å². The van der Waals surface area contributed by atoms with Crippen molar-refractivity contribution in [3.8, 4) is 5.75 Å². The van der Waals surface area contributed by atoms with Crippen LogP contribution in [0.2, 0.25) is 0 Å². The lowest BCUT2D eigenvalue weighted by Crippen LogP contribution is -2.24. The van der Waals surface area contributed by atoms with Gasteiger partial charge in [-0.1, -0.05) is 26.0 Å². The van der Waals surface area contributed by atoms with Crippen molar-refractivity contribution in [2.45, 2.75) is 52.7 Å². The Morgan fingerprint density at radius 3 is 2.53 bits per heavy atom. The molecule has 0 aliphatic heterocycles. The average Bonchev–Trinajstić information content (AvgIpc) is 2.34. The number of benzene rings is 1. The first-order chi connectivity index (χ1) is 9.00. The molecule has 3 heteroatoms. The third-order valence-corrected chi connectivity index (χ3v) is 2.68. The van der Waals surface area contributed by atoms with Crippen LogP contribution in [0.1, 0.15) is 50.9 Å². The minimum Gasteiger partial charge on any atom is -0.490 e. The molecule has 0 heterocycles. The minimum absolute atomic E-state index is 0.0801. The number of Topliss-reactive ketones (excluding diaryl/α,β-unsaturated/α-hetero) is 1. The molecule has 3 nitrogen and oxygen atoms in total. The van der Waals surface area contributed by atoms with E-state index >= 15 is 0 Å². The maximum absolute atomic E-state index is 12.2. The summed E-state index contributed by atoms with van der Waals surface area (Å²) in [7, 11) is 0. The molecule has 1 aromatic rings. The number of para-hydroxylation sites is 1. The molecule has 0 fully saturated rings. The lowest BCUT2D eigenvalue weighted by atomic mass is 10.1. The van der Waals surface area contributed by atoms with Gasteiger partial charge in [0.15, 0.2) is 5.78 Å². The van der Waals surface area contributed by atoms with Crippen LogP contribution in [0.15, 0.2) is 24.3 Å². The van der Waals surface area contributed by atoms with Crippen molar-refractivity contribution in [1.82, 2.24) is 5.32 Å². The molecule has 0 aliphatic rings. The Balaban J connectivity index is 2.56. The fraction of sp³-hybridized carbons (Fsp3) is 0.562. The number of ketones is 1. The molecule has 1 N–H and O–H groups in total. The maximum Gasteiger partial charge on any atom is 0.166 e. The fourth-order valence-corrected chi connectivity index (χ4v) is 1.83. The molecule has 0 spiro atoms. The zero-order chi connectivity index (χ0) is 14.3. The van der Waals surface area contributed by atoms with Crippen molar-refractivity contribution in [3.63, 3.8) is 0 Å². The molecule has 0 saturated heterocycles. The molecule has 106 valence electrons. The van der Waals surface area contributed by atoms with Gasteiger partial charge in [-0.15, -0.1) is 0 Å². The highest BCUT2D eigenvalue weighted by molar-refractivity contribution is 5.98. The van der Waals surface area contributed by atoms with Gasteiger partial charge in [0, 0.05) is 12.5 Å². The number of ether oxygens (including phenoxy) is 1. The highest BCUT2D eigenvalue weighted by atomic mass is 16.5. The van der Waals surface area contributed by atoms with Gasteiger partial charge in [0.05, 0.1) is 11.7 Å². The van der Waals surface area contributed by atoms with Crippen LogP contribution in [0.5, 0.6) is 5.75 Å². The topological polar surface area (TPSA) is 38.3 Å². The normalized spacial score (nSPS) is 11.1. The van der Waals surface area contributed by atoms with Gasteiger partial charge < -0.3 is 10.1 Å². The molecule has 0 aliphatic carbocycles. The van der Waals surface area contributed by atoms with Crippen LogP contribution >= 0.6 is 0 Å². The van der Waals surface area contributed by atoms with Crippen molar-refractivity contribution in [2.24, 2.45) is 0 Å². The number of nitrogens with one attached hydrogen (secondary N) is 1. The highest BCUT2D eigenvalue weighted by Crippen LogP contribution is 2.21. The van der Waals surface area contributed by atoms with Gasteiger partial charge >= 0.3 is 0 Å². The summed E-state index contributed by atoms with van der Waals surface area (Å²) in [5, 5.41) is 3.32. The molecule has 0 aromatic heterocycles. The third kappa shape index (κ3) is 5.88. The number of hydrogen-bond donors (Lipinski definition) is 1. The van der Waals surface area contributed by atoms with Gasteiger partial charge in [-0.3, -0.25) is 4.79 Å². The van der Waals surface area contributed by atoms with E-state index in [-0.39, 0.29) is 11.9 Å². The molecule has 19 heavy (non-hydrogen) atoms. The van der Waals surface area contributed by atoms with E-state index in [9.17, 15) is 4.79 Å². The van der Waals surface area contributed by atoms with E-state index in [0.29, 0.717) is 23.8 Å². The SMILES string of the molecule is CC(C)NCCCC(=O)c1ccccc1OC(C)C. The summed E-state index contributed by atoms with van der Waals surface area (Å²) in [5.41, 5.74) is 0.695. The zero-order valence-electron chi connectivity index (χ0n) is 12.4. The predicted octanol–water partition coefficient (Wildman–Crippen LogP) is 3.43. The Bertz CT molecular complexity index is 399. The number of hydrogen-bond acceptors (Lipinski definition) is 3. The molecule has 0 radical (unpaired) electrons. The Morgan fingerprint density at radius 1 is 1.21 bits per heavy atom. The average molecular weight is 263 g/mol. The molecular formula is C16H25NO2. The van der Waals surface area contributed by atoms with E-state index < -0.39 is 0 Å². The summed E-state index contributed by atoms with van der Waals surface area (Å²) in [4.78, 5) is 12.2. The van der Waals surface area contributed by atoms with Gasteiger partial charge in [0.25, 0.3) is 0 Å². The Kier molecular flexibility index (Phi) is 6.57. The second-order valence-corrected chi connectivity index (χ2v) is 5.30. The van der Waals surface area contributed by atoms with Gasteiger partial charge in [-0.2, -0.15) is 0 Å². The van der Waals surface area contributed by atoms with Crippen LogP contribution in [-0.2, 0) is 0 Å². The van der Waals surface area contributed by atoms with Crippen molar-refractivity contribution < 1.29 is 9.53 Å². The van der Waals surface area contributed by atoms with Gasteiger partial charge in [0.1, 0.15) is 5.75 Å². The molecule has 1 aromatic carbocycles. The second kappa shape index (κ2) is 7.95. The smallest absolute Gasteiger partial charge is 0.166 e. The first kappa shape index (κ1) is 15.7. The molecule has 0 amide bonds. The van der Waals surface area contributed by atoms with Crippen LogP contribution in [0, 0.1) is 0 Å². The highest BCUT2D eigenvalue weighted by Gasteiger charge is 2.12. The Morgan fingerprint density at radius 2 is 1.89 bits per heavy atom. The first-order valence-electron chi connectivity index (χ1n) is 7.03. The third-order valence-electron chi connectivity index (χ3n) is 2.68. The number of carbonyl (C=O) groups is 1. The summed E-state index contributed by atoms with van der Waals surface area (Å²) in [5.74, 6) is 0.848. The van der Waals surface area contributed by atoms with Crippen LogP contribution in [0.3, 0.4) is 0 Å². The minimum atomic E-state index is 0.0801. The Labute approximate surface area is 116 Å². The standard InChI is InChI=1S/C16H25NO2/c1-12(2)17-11-7-9-15(18)14-8-5-6-10-16(14)19-13(3)4/h5-6,8,10,12-13,17H,7,9,11H2,1-4H3. The quantitative estimate of drug-likeness (QED) is 0.577. The van der Waals surface area contributed by atoms with E-state index in [1.54, 1.807) is 0 Å². The molecule has 0 bridgehead atoms. The summed E-state index contributed by atoms with van der Waals surface area (Å²) in [6.45, 7) is 9.01. The molecule has 0 unspecified atom stereocenters. The molecule has 0 saturated carbocycles. The van der Waals surface area contributed by atoms with Crippen molar-refractivity contribution >= 4 is 5.78 Å². The van der Waals surface area contributed by atoms with E-state index in [1.807, 2.05) is 38.1 Å². The largest absolute Gasteiger partial charge is 0.490 e. The maximum atomic E-state index is 12.2. The van der Waals surface area contributed by atoms with Crippen molar-refractivity contribution in [3.05, 3.63) is 29.8 Å². The lowest BCUT2D eigenvalue weighted by molar-refractivity contribution is 0.0974. The molecule has 0 atom stereocenters. The Hall–Kier alpha value is -1.35. The van der Waals surface area contributed by atoms with Crippen LogP contribution in [0.25, 0.3) is 0 Å². The zero-order valence-corrected chi connectivity index (χ0v) is 12.4. The predicted molar refractivity (Wildman–Crippen MR) is 78.9 cm³/mol. The fourth-order valence-electron chi connectivity index (χ4n) is 1.83. The number of carbonyl (C=O) groups excluding carboxylic acids is 1. The van der Waals surface area contributed by atoms with Crippen molar-refractivity contribution in [2.75, 3.05) is 6.54 Å². The van der Waals surface area contributed by atoms with Gasteiger partial charge in [-0.25, -0.2) is 0 Å². The summed E-state index contributed by atoms with van der Waals surface area (Å²) >= 11 is 0. The second-order valence-electron chi connectivity index (χ2n) is 5.30.